The molecule has 9 nitrogen and oxygen atoms in total. The van der Waals surface area contributed by atoms with Crippen molar-refractivity contribution in [3.05, 3.63) is 90.5 Å². The van der Waals surface area contributed by atoms with Crippen molar-refractivity contribution in [2.45, 2.75) is 40.0 Å². The lowest BCUT2D eigenvalue weighted by atomic mass is 10.1. The lowest BCUT2D eigenvalue weighted by molar-refractivity contribution is 0.0803. The van der Waals surface area contributed by atoms with Crippen LogP contribution in [0.5, 0.6) is 5.75 Å². The summed E-state index contributed by atoms with van der Waals surface area (Å²) in [5.41, 5.74) is 9.43. The van der Waals surface area contributed by atoms with Crippen LogP contribution in [0, 0.1) is 12.8 Å². The van der Waals surface area contributed by atoms with Crippen LogP contribution in [-0.4, -0.2) is 44.7 Å². The Morgan fingerprint density at radius 3 is 2.61 bits per heavy atom. The SMILES string of the molecule is Cc1ccccc1COCC(C)CP(=O)(CO[C@H](C)Cn1cnc2c(N)ncnc21)Oc1cccc2ccccc12. The number of anilines is 1. The molecule has 2 heterocycles. The number of hydrogen-bond acceptors (Lipinski definition) is 8. The standard InChI is InChI=1S/C31H36N5O4P/c1-22(16-38-17-26-11-5-4-9-23(26)2)18-41(37,40-28-14-8-12-25-10-6-7-13-27(25)28)21-39-24(3)15-36-20-35-29-30(32)33-19-34-31(29)36/h4-14,19-20,22,24H,15-18,21H2,1-3H3,(H2,32,33,34)/t22?,24-,41?/m1/s1. The first-order valence-corrected chi connectivity index (χ1v) is 15.7. The number of benzene rings is 3. The van der Waals surface area contributed by atoms with Gasteiger partial charge >= 0.3 is 0 Å². The van der Waals surface area contributed by atoms with Gasteiger partial charge in [0.25, 0.3) is 7.37 Å². The van der Waals surface area contributed by atoms with Gasteiger partial charge in [-0.25, -0.2) is 15.0 Å². The number of aryl methyl sites for hydroxylation is 1. The van der Waals surface area contributed by atoms with E-state index in [1.165, 1.54) is 11.9 Å². The number of nitrogen functional groups attached to an aromatic ring is 1. The number of nitrogens with zero attached hydrogens (tertiary/aromatic N) is 4. The molecule has 0 radical (unpaired) electrons. The van der Waals surface area contributed by atoms with E-state index in [2.05, 4.69) is 34.0 Å². The van der Waals surface area contributed by atoms with Crippen LogP contribution < -0.4 is 10.3 Å². The van der Waals surface area contributed by atoms with Gasteiger partial charge in [-0.2, -0.15) is 0 Å². The summed E-state index contributed by atoms with van der Waals surface area (Å²) in [4.78, 5) is 12.6. The van der Waals surface area contributed by atoms with E-state index in [-0.39, 0.29) is 18.4 Å². The van der Waals surface area contributed by atoms with E-state index >= 15 is 0 Å². The third-order valence-corrected chi connectivity index (χ3v) is 9.22. The molecule has 0 amide bonds. The Morgan fingerprint density at radius 2 is 1.76 bits per heavy atom. The van der Waals surface area contributed by atoms with Crippen molar-refractivity contribution < 1.29 is 18.6 Å². The molecule has 0 spiro atoms. The third-order valence-electron chi connectivity index (χ3n) is 6.96. The van der Waals surface area contributed by atoms with Gasteiger partial charge in [-0.3, -0.25) is 4.57 Å². The molecule has 5 aromatic rings. The van der Waals surface area contributed by atoms with Crippen LogP contribution in [0.4, 0.5) is 5.82 Å². The fourth-order valence-electron chi connectivity index (χ4n) is 4.84. The van der Waals surface area contributed by atoms with Gasteiger partial charge in [-0.15, -0.1) is 0 Å². The highest BCUT2D eigenvalue weighted by Gasteiger charge is 2.30. The van der Waals surface area contributed by atoms with E-state index in [0.29, 0.717) is 48.7 Å². The average molecular weight is 574 g/mol. The maximum atomic E-state index is 14.4. The van der Waals surface area contributed by atoms with Crippen LogP contribution in [0.25, 0.3) is 21.9 Å². The number of imidazole rings is 1. The first kappa shape index (κ1) is 28.7. The molecule has 214 valence electrons. The Hall–Kier alpha value is -3.78. The summed E-state index contributed by atoms with van der Waals surface area (Å²) in [6, 6.07) is 21.9. The summed E-state index contributed by atoms with van der Waals surface area (Å²) < 4.78 is 34.9. The smallest absolute Gasteiger partial charge is 0.273 e. The molecule has 0 aliphatic heterocycles. The molecular weight excluding hydrogens is 537 g/mol. The summed E-state index contributed by atoms with van der Waals surface area (Å²) in [5.74, 6) is 0.897. The van der Waals surface area contributed by atoms with Crippen molar-refractivity contribution in [1.82, 2.24) is 19.5 Å². The van der Waals surface area contributed by atoms with E-state index in [0.717, 1.165) is 16.3 Å². The number of aromatic nitrogens is 4. The zero-order valence-corrected chi connectivity index (χ0v) is 24.5. The summed E-state index contributed by atoms with van der Waals surface area (Å²) in [5, 5.41) is 1.93. The van der Waals surface area contributed by atoms with Crippen molar-refractivity contribution in [3.8, 4) is 5.75 Å². The molecule has 2 unspecified atom stereocenters. The molecule has 0 saturated carbocycles. The second-order valence-corrected chi connectivity index (χ2v) is 13.0. The van der Waals surface area contributed by atoms with Gasteiger partial charge in [0.05, 0.1) is 32.2 Å². The minimum Gasteiger partial charge on any atom is -0.441 e. The molecule has 0 aliphatic rings. The molecule has 2 N–H and O–H groups in total. The van der Waals surface area contributed by atoms with Crippen LogP contribution in [0.1, 0.15) is 25.0 Å². The molecular formula is C31H36N5O4P. The Labute approximate surface area is 240 Å². The molecule has 3 atom stereocenters. The largest absolute Gasteiger partial charge is 0.441 e. The van der Waals surface area contributed by atoms with Crippen molar-refractivity contribution in [2.75, 3.05) is 24.9 Å². The Morgan fingerprint density at radius 1 is 0.976 bits per heavy atom. The van der Waals surface area contributed by atoms with E-state index in [9.17, 15) is 4.57 Å². The average Bonchev–Trinajstić information content (AvgIpc) is 3.37. The molecule has 2 aromatic heterocycles. The van der Waals surface area contributed by atoms with Crippen LogP contribution in [-0.2, 0) is 27.2 Å². The zero-order valence-electron chi connectivity index (χ0n) is 23.6. The van der Waals surface area contributed by atoms with Gasteiger partial charge in [-0.1, -0.05) is 67.6 Å². The normalized spacial score (nSPS) is 14.6. The molecule has 0 bridgehead atoms. The molecule has 0 fully saturated rings. The first-order valence-electron chi connectivity index (χ1n) is 13.7. The lowest BCUT2D eigenvalue weighted by Crippen LogP contribution is -2.21. The molecule has 0 aliphatic carbocycles. The quantitative estimate of drug-likeness (QED) is 0.160. The van der Waals surface area contributed by atoms with Gasteiger partial charge in [0, 0.05) is 11.5 Å². The summed E-state index contributed by atoms with van der Waals surface area (Å²) in [6.45, 7) is 7.44. The number of hydrogen-bond donors (Lipinski definition) is 1. The van der Waals surface area contributed by atoms with Crippen molar-refractivity contribution in [1.29, 1.82) is 0 Å². The first-order chi connectivity index (χ1) is 19.8. The van der Waals surface area contributed by atoms with Crippen LogP contribution in [0.3, 0.4) is 0 Å². The van der Waals surface area contributed by atoms with Crippen molar-refractivity contribution >= 4 is 35.1 Å². The van der Waals surface area contributed by atoms with Gasteiger partial charge in [-0.05, 0) is 42.3 Å². The van der Waals surface area contributed by atoms with Gasteiger partial charge in [0.2, 0.25) is 0 Å². The highest BCUT2D eigenvalue weighted by molar-refractivity contribution is 7.59. The van der Waals surface area contributed by atoms with E-state index in [1.807, 2.05) is 73.0 Å². The number of nitrogens with two attached hydrogens (primary N) is 1. The predicted octanol–water partition coefficient (Wildman–Crippen LogP) is 6.44. The Balaban J connectivity index is 1.29. The van der Waals surface area contributed by atoms with E-state index < -0.39 is 7.37 Å². The molecule has 10 heteroatoms. The van der Waals surface area contributed by atoms with Crippen LogP contribution in [0.15, 0.2) is 79.4 Å². The van der Waals surface area contributed by atoms with Gasteiger partial charge in [0.15, 0.2) is 11.5 Å². The van der Waals surface area contributed by atoms with Crippen molar-refractivity contribution in [2.24, 2.45) is 5.92 Å². The van der Waals surface area contributed by atoms with Gasteiger partial charge in [0.1, 0.15) is 23.9 Å². The lowest BCUT2D eigenvalue weighted by Gasteiger charge is -2.25. The zero-order chi connectivity index (χ0) is 28.8. The van der Waals surface area contributed by atoms with Crippen LogP contribution in [0.2, 0.25) is 0 Å². The summed E-state index contributed by atoms with van der Waals surface area (Å²) >= 11 is 0. The summed E-state index contributed by atoms with van der Waals surface area (Å²) in [7, 11) is -3.30. The van der Waals surface area contributed by atoms with E-state index in [4.69, 9.17) is 19.7 Å². The maximum absolute atomic E-state index is 14.4. The topological polar surface area (TPSA) is 114 Å². The highest BCUT2D eigenvalue weighted by atomic mass is 31.2. The Bertz CT molecular complexity index is 1670. The molecule has 41 heavy (non-hydrogen) atoms. The molecule has 0 saturated heterocycles. The fourth-order valence-corrected chi connectivity index (χ4v) is 7.13. The second-order valence-electron chi connectivity index (χ2n) is 10.5. The van der Waals surface area contributed by atoms with E-state index in [1.54, 1.807) is 6.33 Å². The summed E-state index contributed by atoms with van der Waals surface area (Å²) in [6.07, 6.45) is 3.06. The van der Waals surface area contributed by atoms with Crippen molar-refractivity contribution in [3.63, 3.8) is 0 Å². The second kappa shape index (κ2) is 12.8. The predicted molar refractivity (Wildman–Crippen MR) is 162 cm³/mol. The third kappa shape index (κ3) is 7.11. The highest BCUT2D eigenvalue weighted by Crippen LogP contribution is 2.50. The molecule has 3 aromatic carbocycles. The monoisotopic (exact) mass is 573 g/mol. The number of ether oxygens (including phenoxy) is 2. The minimum absolute atomic E-state index is 0.0176. The number of rotatable bonds is 13. The van der Waals surface area contributed by atoms with Gasteiger partial charge < -0.3 is 24.3 Å². The minimum atomic E-state index is -3.30. The number of fused-ring (bicyclic) bond motifs is 2. The molecule has 5 rings (SSSR count). The van der Waals surface area contributed by atoms with Crippen LogP contribution >= 0.6 is 7.37 Å². The Kier molecular flexibility index (Phi) is 8.98. The maximum Gasteiger partial charge on any atom is 0.273 e. The fraction of sp³-hybridized carbons (Fsp3) is 0.323.